The maximum absolute atomic E-state index is 13.7. The van der Waals surface area contributed by atoms with E-state index in [0.29, 0.717) is 40.1 Å². The smallest absolute Gasteiger partial charge is 0.261 e. The van der Waals surface area contributed by atoms with E-state index >= 15 is 0 Å². The number of amides is 2. The van der Waals surface area contributed by atoms with E-state index in [9.17, 15) is 9.59 Å². The van der Waals surface area contributed by atoms with E-state index in [1.807, 2.05) is 50.2 Å². The van der Waals surface area contributed by atoms with Crippen LogP contribution in [0.15, 0.2) is 72.8 Å². The van der Waals surface area contributed by atoms with Crippen molar-refractivity contribution in [2.45, 2.75) is 32.9 Å². The lowest BCUT2D eigenvalue weighted by atomic mass is 10.0. The molecule has 196 valence electrons. The molecular weight excluding hydrogens is 511 g/mol. The molecule has 37 heavy (non-hydrogen) atoms. The molecule has 0 aliphatic carbocycles. The Morgan fingerprint density at radius 2 is 1.51 bits per heavy atom. The normalized spacial score (nSPS) is 11.6. The van der Waals surface area contributed by atoms with Gasteiger partial charge in [-0.15, -0.1) is 0 Å². The standard InChI is InChI=1S/C29H32Cl2N2O4/c1-20(2)17-32-29(35)25(16-21-10-5-4-6-11-21)33(18-22-23(30)12-9-13-24(22)31)28(34)19-37-27-15-8-7-14-26(27)36-3/h4-15,20,25H,16-19H2,1-3H3,(H,32,35). The SMILES string of the molecule is COc1ccccc1OCC(=O)N(Cc1c(Cl)cccc1Cl)C(Cc1ccccc1)C(=O)NCC(C)C. The molecule has 3 aromatic carbocycles. The van der Waals surface area contributed by atoms with Crippen molar-refractivity contribution >= 4 is 35.0 Å². The average molecular weight is 543 g/mol. The predicted molar refractivity (Wildman–Crippen MR) is 147 cm³/mol. The molecule has 0 aliphatic heterocycles. The van der Waals surface area contributed by atoms with E-state index in [2.05, 4.69) is 5.32 Å². The molecule has 8 heteroatoms. The molecule has 0 bridgehead atoms. The van der Waals surface area contributed by atoms with Crippen molar-refractivity contribution in [3.8, 4) is 11.5 Å². The number of ether oxygens (including phenoxy) is 2. The van der Waals surface area contributed by atoms with Gasteiger partial charge < -0.3 is 19.7 Å². The van der Waals surface area contributed by atoms with Crippen LogP contribution in [0.5, 0.6) is 11.5 Å². The van der Waals surface area contributed by atoms with Crippen molar-refractivity contribution in [1.29, 1.82) is 0 Å². The van der Waals surface area contributed by atoms with Crippen LogP contribution in [-0.4, -0.2) is 43.0 Å². The second kappa shape index (κ2) is 13.9. The Morgan fingerprint density at radius 1 is 0.892 bits per heavy atom. The fourth-order valence-corrected chi connectivity index (χ4v) is 4.31. The topological polar surface area (TPSA) is 67.9 Å². The lowest BCUT2D eigenvalue weighted by molar-refractivity contribution is -0.142. The van der Waals surface area contributed by atoms with Gasteiger partial charge in [-0.2, -0.15) is 0 Å². The highest BCUT2D eigenvalue weighted by atomic mass is 35.5. The number of para-hydroxylation sites is 2. The van der Waals surface area contributed by atoms with Crippen LogP contribution in [0.2, 0.25) is 10.0 Å². The molecular formula is C29H32Cl2N2O4. The number of benzene rings is 3. The minimum Gasteiger partial charge on any atom is -0.493 e. The molecule has 0 radical (unpaired) electrons. The Bertz CT molecular complexity index is 1170. The quantitative estimate of drug-likeness (QED) is 0.314. The molecule has 1 unspecified atom stereocenters. The first kappa shape index (κ1) is 28.4. The first-order valence-electron chi connectivity index (χ1n) is 12.1. The van der Waals surface area contributed by atoms with Gasteiger partial charge in [0.25, 0.3) is 5.91 Å². The molecule has 0 saturated heterocycles. The zero-order valence-electron chi connectivity index (χ0n) is 21.2. The first-order chi connectivity index (χ1) is 17.8. The Balaban J connectivity index is 1.96. The van der Waals surface area contributed by atoms with Crippen molar-refractivity contribution < 1.29 is 19.1 Å². The van der Waals surface area contributed by atoms with Crippen molar-refractivity contribution in [3.05, 3.63) is 94.0 Å². The zero-order valence-corrected chi connectivity index (χ0v) is 22.8. The third-order valence-corrected chi connectivity index (χ3v) is 6.47. The highest BCUT2D eigenvalue weighted by Crippen LogP contribution is 2.28. The summed E-state index contributed by atoms with van der Waals surface area (Å²) in [5.74, 6) is 0.538. The second-order valence-corrected chi connectivity index (χ2v) is 9.82. The van der Waals surface area contributed by atoms with Gasteiger partial charge in [-0.25, -0.2) is 0 Å². The third kappa shape index (κ3) is 8.14. The van der Waals surface area contributed by atoms with Gasteiger partial charge in [0.05, 0.1) is 7.11 Å². The van der Waals surface area contributed by atoms with Gasteiger partial charge >= 0.3 is 0 Å². The van der Waals surface area contributed by atoms with E-state index in [0.717, 1.165) is 5.56 Å². The second-order valence-electron chi connectivity index (χ2n) is 9.01. The molecule has 3 rings (SSSR count). The van der Waals surface area contributed by atoms with Gasteiger partial charge in [-0.05, 0) is 35.7 Å². The number of nitrogens with one attached hydrogen (secondary N) is 1. The van der Waals surface area contributed by atoms with Gasteiger partial charge in [0, 0.05) is 35.1 Å². The highest BCUT2D eigenvalue weighted by Gasteiger charge is 2.31. The fourth-order valence-electron chi connectivity index (χ4n) is 3.79. The molecule has 6 nitrogen and oxygen atoms in total. The van der Waals surface area contributed by atoms with E-state index in [1.165, 1.54) is 12.0 Å². The Morgan fingerprint density at radius 3 is 2.14 bits per heavy atom. The van der Waals surface area contributed by atoms with Crippen LogP contribution in [0, 0.1) is 5.92 Å². The maximum Gasteiger partial charge on any atom is 0.261 e. The summed E-state index contributed by atoms with van der Waals surface area (Å²) in [5.41, 5.74) is 1.48. The van der Waals surface area contributed by atoms with Crippen LogP contribution >= 0.6 is 23.2 Å². The molecule has 0 heterocycles. The van der Waals surface area contributed by atoms with Crippen LogP contribution in [0.4, 0.5) is 0 Å². The number of methoxy groups -OCH3 is 1. The lowest BCUT2D eigenvalue weighted by Gasteiger charge is -2.32. The monoisotopic (exact) mass is 542 g/mol. The summed E-state index contributed by atoms with van der Waals surface area (Å²) in [7, 11) is 1.53. The van der Waals surface area contributed by atoms with Gasteiger partial charge in [-0.1, -0.05) is 85.6 Å². The van der Waals surface area contributed by atoms with Crippen LogP contribution < -0.4 is 14.8 Å². The van der Waals surface area contributed by atoms with Crippen molar-refractivity contribution in [2.24, 2.45) is 5.92 Å². The molecule has 0 fully saturated rings. The molecule has 0 spiro atoms. The largest absolute Gasteiger partial charge is 0.493 e. The average Bonchev–Trinajstić information content (AvgIpc) is 2.90. The molecule has 0 aromatic heterocycles. The predicted octanol–water partition coefficient (Wildman–Crippen LogP) is 5.79. The molecule has 3 aromatic rings. The minimum atomic E-state index is -0.817. The van der Waals surface area contributed by atoms with E-state index in [4.69, 9.17) is 32.7 Å². The van der Waals surface area contributed by atoms with E-state index < -0.39 is 6.04 Å². The fraction of sp³-hybridized carbons (Fsp3) is 0.310. The molecule has 2 amide bonds. The number of carbonyl (C=O) groups is 2. The number of carbonyl (C=O) groups excluding carboxylic acids is 2. The Labute approximate surface area is 228 Å². The molecule has 0 aliphatic rings. The summed E-state index contributed by atoms with van der Waals surface area (Å²) in [6, 6.07) is 21.0. The summed E-state index contributed by atoms with van der Waals surface area (Å²) >= 11 is 12.9. The first-order valence-corrected chi connectivity index (χ1v) is 12.9. The summed E-state index contributed by atoms with van der Waals surface area (Å²) in [4.78, 5) is 28.7. The zero-order chi connectivity index (χ0) is 26.8. The van der Waals surface area contributed by atoms with Crippen molar-refractivity contribution in [1.82, 2.24) is 10.2 Å². The molecule has 0 saturated carbocycles. The Kier molecular flexibility index (Phi) is 10.7. The number of nitrogens with zero attached hydrogens (tertiary/aromatic N) is 1. The Hall–Kier alpha value is -3.22. The maximum atomic E-state index is 13.7. The third-order valence-electron chi connectivity index (χ3n) is 5.77. The van der Waals surface area contributed by atoms with Gasteiger partial charge in [-0.3, -0.25) is 9.59 Å². The molecule has 1 atom stereocenters. The van der Waals surface area contributed by atoms with Crippen LogP contribution in [0.25, 0.3) is 0 Å². The van der Waals surface area contributed by atoms with Crippen LogP contribution in [0.3, 0.4) is 0 Å². The number of hydrogen-bond acceptors (Lipinski definition) is 4. The highest BCUT2D eigenvalue weighted by molar-refractivity contribution is 6.36. The van der Waals surface area contributed by atoms with Crippen LogP contribution in [-0.2, 0) is 22.6 Å². The lowest BCUT2D eigenvalue weighted by Crippen LogP contribution is -2.52. The summed E-state index contributed by atoms with van der Waals surface area (Å²) in [5, 5.41) is 3.81. The van der Waals surface area contributed by atoms with Gasteiger partial charge in [0.15, 0.2) is 18.1 Å². The number of halogens is 2. The summed E-state index contributed by atoms with van der Waals surface area (Å²) in [6.07, 6.45) is 0.313. The number of rotatable bonds is 12. The van der Waals surface area contributed by atoms with Crippen molar-refractivity contribution in [3.63, 3.8) is 0 Å². The van der Waals surface area contributed by atoms with E-state index in [-0.39, 0.29) is 30.9 Å². The summed E-state index contributed by atoms with van der Waals surface area (Å²) < 4.78 is 11.2. The van der Waals surface area contributed by atoms with Gasteiger partial charge in [0.1, 0.15) is 6.04 Å². The molecule has 1 N–H and O–H groups in total. The van der Waals surface area contributed by atoms with Crippen LogP contribution in [0.1, 0.15) is 25.0 Å². The minimum absolute atomic E-state index is 0.0409. The number of hydrogen-bond donors (Lipinski definition) is 1. The van der Waals surface area contributed by atoms with Crippen molar-refractivity contribution in [2.75, 3.05) is 20.3 Å². The van der Waals surface area contributed by atoms with Gasteiger partial charge in [0.2, 0.25) is 5.91 Å². The summed E-state index contributed by atoms with van der Waals surface area (Å²) in [6.45, 7) is 4.25. The van der Waals surface area contributed by atoms with E-state index in [1.54, 1.807) is 36.4 Å².